The summed E-state index contributed by atoms with van der Waals surface area (Å²) in [7, 11) is 1.14. The molecule has 0 radical (unpaired) electrons. The van der Waals surface area contributed by atoms with E-state index in [9.17, 15) is 19.5 Å². The highest BCUT2D eigenvalue weighted by Crippen LogP contribution is 2.43. The minimum Gasteiger partial charge on any atom is -0.508 e. The molecule has 7 nitrogen and oxygen atoms in total. The number of carbonyl (C=O) groups excluding carboxylic acids is 3. The van der Waals surface area contributed by atoms with Crippen molar-refractivity contribution in [2.45, 2.75) is 12.0 Å². The molecule has 1 heterocycles. The summed E-state index contributed by atoms with van der Waals surface area (Å²) in [5.41, 5.74) is -1.49. The number of amides is 2. The van der Waals surface area contributed by atoms with E-state index >= 15 is 0 Å². The smallest absolute Gasteiger partial charge is 0.399 e. The lowest BCUT2D eigenvalue weighted by molar-refractivity contribution is -0.149. The lowest BCUT2D eigenvalue weighted by atomic mass is 9.77. The third-order valence-corrected chi connectivity index (χ3v) is 4.63. The number of carbonyl (C=O) groups is 3. The van der Waals surface area contributed by atoms with Crippen LogP contribution in [0.25, 0.3) is 4.85 Å². The molecule has 2 amide bonds. The van der Waals surface area contributed by atoms with Gasteiger partial charge in [-0.3, -0.25) is 14.4 Å². The summed E-state index contributed by atoms with van der Waals surface area (Å²) in [6.07, 6.45) is -0.319. The van der Waals surface area contributed by atoms with E-state index in [0.717, 1.165) is 12.0 Å². The van der Waals surface area contributed by atoms with Gasteiger partial charge in [-0.05, 0) is 12.1 Å². The number of rotatable bonds is 4. The van der Waals surface area contributed by atoms with Gasteiger partial charge >= 0.3 is 11.5 Å². The van der Waals surface area contributed by atoms with Crippen LogP contribution < -0.4 is 4.90 Å². The average molecular weight is 364 g/mol. The fraction of sp³-hybridized carbons (Fsp3) is 0.200. The standard InChI is InChI=1S/C20H16N2O5/c1-21-20(19(26)27-2,13-7-4-3-5-8-13)16-12-17(24)22(18(16)25)14-9-6-10-15(23)11-14/h3-11,16,23H,12H2,2H3/t16-,20-/m0/s1. The van der Waals surface area contributed by atoms with Crippen LogP contribution in [-0.2, 0) is 24.7 Å². The van der Waals surface area contributed by atoms with E-state index in [-0.39, 0.29) is 23.4 Å². The highest BCUT2D eigenvalue weighted by molar-refractivity contribution is 6.22. The average Bonchev–Trinajstić information content (AvgIpc) is 2.98. The Bertz CT molecular complexity index is 950. The number of benzene rings is 2. The Balaban J connectivity index is 2.12. The summed E-state index contributed by atoms with van der Waals surface area (Å²) >= 11 is 0. The first-order chi connectivity index (χ1) is 13.0. The van der Waals surface area contributed by atoms with Gasteiger partial charge in [-0.25, -0.2) is 16.3 Å². The van der Waals surface area contributed by atoms with E-state index in [1.54, 1.807) is 30.3 Å². The molecular weight excluding hydrogens is 348 g/mol. The van der Waals surface area contributed by atoms with E-state index in [1.165, 1.54) is 24.3 Å². The molecule has 2 aromatic carbocycles. The van der Waals surface area contributed by atoms with Crippen molar-refractivity contribution in [3.63, 3.8) is 0 Å². The van der Waals surface area contributed by atoms with Gasteiger partial charge < -0.3 is 9.84 Å². The Morgan fingerprint density at radius 2 is 1.93 bits per heavy atom. The topological polar surface area (TPSA) is 88.3 Å². The molecule has 136 valence electrons. The molecule has 27 heavy (non-hydrogen) atoms. The zero-order valence-corrected chi connectivity index (χ0v) is 14.5. The number of phenols is 1. The van der Waals surface area contributed by atoms with Crippen molar-refractivity contribution in [1.82, 2.24) is 0 Å². The summed E-state index contributed by atoms with van der Waals surface area (Å²) in [5.74, 6) is -3.48. The van der Waals surface area contributed by atoms with Crippen molar-refractivity contribution in [3.05, 3.63) is 71.6 Å². The van der Waals surface area contributed by atoms with Gasteiger partial charge in [0, 0.05) is 18.1 Å². The van der Waals surface area contributed by atoms with Crippen LogP contribution in [0.15, 0.2) is 54.6 Å². The maximum absolute atomic E-state index is 13.1. The lowest BCUT2D eigenvalue weighted by Crippen LogP contribution is -2.45. The molecule has 0 unspecified atom stereocenters. The predicted molar refractivity (Wildman–Crippen MR) is 95.4 cm³/mol. The van der Waals surface area contributed by atoms with Gasteiger partial charge in [0.05, 0.1) is 12.8 Å². The third-order valence-electron chi connectivity index (χ3n) is 4.63. The van der Waals surface area contributed by atoms with E-state index in [2.05, 4.69) is 4.85 Å². The van der Waals surface area contributed by atoms with Crippen molar-refractivity contribution < 1.29 is 24.2 Å². The molecule has 1 fully saturated rings. The number of nitrogens with zero attached hydrogens (tertiary/aromatic N) is 2. The Kier molecular flexibility index (Phi) is 4.65. The molecule has 1 saturated heterocycles. The fourth-order valence-corrected chi connectivity index (χ4v) is 3.36. The van der Waals surface area contributed by atoms with Crippen LogP contribution in [-0.4, -0.2) is 30.0 Å². The quantitative estimate of drug-likeness (QED) is 0.511. The Labute approximate surface area is 155 Å². The number of esters is 1. The van der Waals surface area contributed by atoms with Crippen molar-refractivity contribution in [1.29, 1.82) is 0 Å². The van der Waals surface area contributed by atoms with Crippen LogP contribution in [0, 0.1) is 12.5 Å². The van der Waals surface area contributed by atoms with E-state index in [0.29, 0.717) is 0 Å². The van der Waals surface area contributed by atoms with Crippen LogP contribution in [0.1, 0.15) is 12.0 Å². The summed E-state index contributed by atoms with van der Waals surface area (Å²) in [6.45, 7) is 7.71. The van der Waals surface area contributed by atoms with Crippen LogP contribution >= 0.6 is 0 Å². The molecule has 0 saturated carbocycles. The molecular formula is C20H16N2O5. The molecule has 2 aromatic rings. The number of phenolic OH excluding ortho intramolecular Hbond substituents is 1. The maximum atomic E-state index is 13.1. The minimum atomic E-state index is -1.96. The van der Waals surface area contributed by atoms with Gasteiger partial charge in [0.25, 0.3) is 0 Å². The third kappa shape index (κ3) is 2.81. The number of hydrogen-bond donors (Lipinski definition) is 1. The van der Waals surface area contributed by atoms with Gasteiger partial charge in [-0.2, -0.15) is 0 Å². The predicted octanol–water partition coefficient (Wildman–Crippen LogP) is 2.26. The maximum Gasteiger partial charge on any atom is 0.399 e. The molecule has 0 spiro atoms. The first-order valence-corrected chi connectivity index (χ1v) is 8.14. The monoisotopic (exact) mass is 364 g/mol. The highest BCUT2D eigenvalue weighted by atomic mass is 16.5. The molecule has 7 heteroatoms. The highest BCUT2D eigenvalue weighted by Gasteiger charge is 2.63. The van der Waals surface area contributed by atoms with Crippen LogP contribution in [0.2, 0.25) is 0 Å². The van der Waals surface area contributed by atoms with Crippen LogP contribution in [0.3, 0.4) is 0 Å². The fourth-order valence-electron chi connectivity index (χ4n) is 3.36. The second-order valence-electron chi connectivity index (χ2n) is 6.08. The van der Waals surface area contributed by atoms with E-state index < -0.39 is 29.2 Å². The lowest BCUT2D eigenvalue weighted by Gasteiger charge is -2.24. The van der Waals surface area contributed by atoms with Crippen molar-refractivity contribution in [3.8, 4) is 5.75 Å². The second-order valence-corrected chi connectivity index (χ2v) is 6.08. The zero-order chi connectivity index (χ0) is 19.6. The van der Waals surface area contributed by atoms with Crippen molar-refractivity contribution >= 4 is 23.5 Å². The van der Waals surface area contributed by atoms with Crippen LogP contribution in [0.4, 0.5) is 5.69 Å². The summed E-state index contributed by atoms with van der Waals surface area (Å²) in [4.78, 5) is 42.7. The number of hydrogen-bond acceptors (Lipinski definition) is 5. The molecule has 1 aliphatic rings. The van der Waals surface area contributed by atoms with E-state index in [1.807, 2.05) is 0 Å². The normalized spacial score (nSPS) is 18.7. The van der Waals surface area contributed by atoms with Crippen LogP contribution in [0.5, 0.6) is 5.75 Å². The first-order valence-electron chi connectivity index (χ1n) is 8.14. The molecule has 0 bridgehead atoms. The number of imide groups is 1. The molecule has 0 aromatic heterocycles. The zero-order valence-electron chi connectivity index (χ0n) is 14.5. The van der Waals surface area contributed by atoms with Gasteiger partial charge in [-0.15, -0.1) is 0 Å². The number of methoxy groups -OCH3 is 1. The van der Waals surface area contributed by atoms with Crippen molar-refractivity contribution in [2.24, 2.45) is 5.92 Å². The van der Waals surface area contributed by atoms with Gasteiger partial charge in [0.15, 0.2) is 0 Å². The molecule has 2 atom stereocenters. The minimum absolute atomic E-state index is 0.107. The molecule has 0 aliphatic carbocycles. The van der Waals surface area contributed by atoms with Gasteiger partial charge in [0.1, 0.15) is 11.7 Å². The summed E-state index contributed by atoms with van der Waals surface area (Å²) in [5, 5.41) is 9.65. The molecule has 1 aliphatic heterocycles. The molecule has 3 rings (SSSR count). The van der Waals surface area contributed by atoms with Gasteiger partial charge in [-0.1, -0.05) is 36.4 Å². The molecule has 1 N–H and O–H groups in total. The van der Waals surface area contributed by atoms with Crippen molar-refractivity contribution in [2.75, 3.05) is 12.0 Å². The SMILES string of the molecule is [C-]#[N+][C@@](C(=O)OC)(c1ccccc1)[C@H]1CC(=O)N(c2cccc(O)c2)C1=O. The van der Waals surface area contributed by atoms with Gasteiger partial charge in [0.2, 0.25) is 11.8 Å². The Morgan fingerprint density at radius 1 is 1.22 bits per heavy atom. The summed E-state index contributed by atoms with van der Waals surface area (Å²) < 4.78 is 4.84. The Morgan fingerprint density at radius 3 is 2.52 bits per heavy atom. The Hall–Kier alpha value is -3.66. The summed E-state index contributed by atoms with van der Waals surface area (Å²) in [6, 6.07) is 13.8. The van der Waals surface area contributed by atoms with E-state index in [4.69, 9.17) is 11.3 Å². The number of anilines is 1. The number of ether oxygens (including phenoxy) is 1. The first kappa shape index (κ1) is 18.1. The number of aromatic hydroxyl groups is 1. The second kappa shape index (κ2) is 6.92. The largest absolute Gasteiger partial charge is 0.508 e.